The van der Waals surface area contributed by atoms with Crippen LogP contribution in [0.25, 0.3) is 0 Å². The molecular weight excluding hydrogens is 210 g/mol. The summed E-state index contributed by atoms with van der Waals surface area (Å²) in [6.45, 7) is 1.58. The molecule has 0 heterocycles. The summed E-state index contributed by atoms with van der Waals surface area (Å²) in [5.74, 6) is -2.65. The molecule has 0 aliphatic carbocycles. The Bertz CT molecular complexity index is 321. The van der Waals surface area contributed by atoms with E-state index in [1.807, 2.05) is 0 Å². The van der Waals surface area contributed by atoms with Crippen LogP contribution in [0, 0.1) is 0 Å². The Balaban J connectivity index is 4.25. The minimum atomic E-state index is -3.41. The van der Waals surface area contributed by atoms with E-state index in [4.69, 9.17) is 5.11 Å². The van der Waals surface area contributed by atoms with Crippen molar-refractivity contribution in [2.24, 2.45) is 0 Å². The molecule has 14 heavy (non-hydrogen) atoms. The molecule has 0 aromatic rings. The van der Waals surface area contributed by atoms with Gasteiger partial charge in [0.2, 0.25) is 5.91 Å². The van der Waals surface area contributed by atoms with Crippen LogP contribution in [0.4, 0.5) is 0 Å². The molecule has 0 unspecified atom stereocenters. The average molecular weight is 223 g/mol. The quantitative estimate of drug-likeness (QED) is 0.623. The number of carbonyl (C=O) groups excluding carboxylic acids is 1. The molecule has 0 aromatic carbocycles. The van der Waals surface area contributed by atoms with Gasteiger partial charge in [0.1, 0.15) is 11.8 Å². The second-order valence-corrected chi connectivity index (χ2v) is 5.08. The van der Waals surface area contributed by atoms with E-state index in [1.165, 1.54) is 0 Å². The lowest BCUT2D eigenvalue weighted by molar-refractivity contribution is -0.141. The summed E-state index contributed by atoms with van der Waals surface area (Å²) >= 11 is 0. The lowest BCUT2D eigenvalue weighted by Crippen LogP contribution is -2.42. The number of hydrogen-bond acceptors (Lipinski definition) is 4. The molecule has 0 spiro atoms. The molecule has 0 rings (SSSR count). The van der Waals surface area contributed by atoms with Crippen molar-refractivity contribution in [2.75, 3.05) is 12.0 Å². The van der Waals surface area contributed by atoms with Crippen LogP contribution >= 0.6 is 0 Å². The zero-order valence-electron chi connectivity index (χ0n) is 7.98. The largest absolute Gasteiger partial charge is 0.480 e. The summed E-state index contributed by atoms with van der Waals surface area (Å²) in [4.78, 5) is 21.4. The third-order valence-corrected chi connectivity index (χ3v) is 2.22. The second kappa shape index (κ2) is 4.94. The van der Waals surface area contributed by atoms with Crippen LogP contribution in [0.1, 0.15) is 13.3 Å². The summed E-state index contributed by atoms with van der Waals surface area (Å²) < 4.78 is 21.3. The van der Waals surface area contributed by atoms with Gasteiger partial charge in [0, 0.05) is 6.26 Å². The highest BCUT2D eigenvalue weighted by molar-refractivity contribution is 7.91. The molecule has 0 aliphatic rings. The molecule has 7 heteroatoms. The SMILES string of the molecule is CC[C@@H](NC(=O)CS(C)(=O)=O)C(=O)O. The van der Waals surface area contributed by atoms with Gasteiger partial charge >= 0.3 is 5.97 Å². The minimum Gasteiger partial charge on any atom is -0.480 e. The van der Waals surface area contributed by atoms with Crippen molar-refractivity contribution in [3.63, 3.8) is 0 Å². The lowest BCUT2D eigenvalue weighted by atomic mass is 10.2. The third kappa shape index (κ3) is 5.52. The van der Waals surface area contributed by atoms with E-state index in [1.54, 1.807) is 6.92 Å². The highest BCUT2D eigenvalue weighted by atomic mass is 32.2. The maximum absolute atomic E-state index is 11.0. The molecule has 6 nitrogen and oxygen atoms in total. The van der Waals surface area contributed by atoms with Gasteiger partial charge in [-0.05, 0) is 6.42 Å². The number of sulfone groups is 1. The predicted octanol–water partition coefficient (Wildman–Crippen LogP) is -0.990. The van der Waals surface area contributed by atoms with Gasteiger partial charge in [0.15, 0.2) is 9.84 Å². The Morgan fingerprint density at radius 1 is 1.43 bits per heavy atom. The fourth-order valence-corrected chi connectivity index (χ4v) is 1.37. The standard InChI is InChI=1S/C7H13NO5S/c1-3-5(7(10)11)8-6(9)4-14(2,12)13/h5H,3-4H2,1-2H3,(H,8,9)(H,10,11)/t5-/m1/s1. The summed E-state index contributed by atoms with van der Waals surface area (Å²) in [5.41, 5.74) is 0. The van der Waals surface area contributed by atoms with E-state index in [-0.39, 0.29) is 6.42 Å². The normalized spacial score (nSPS) is 13.3. The third-order valence-electron chi connectivity index (χ3n) is 1.43. The Hall–Kier alpha value is -1.11. The van der Waals surface area contributed by atoms with Gasteiger partial charge in [-0.3, -0.25) is 4.79 Å². The first kappa shape index (κ1) is 12.9. The molecule has 0 aromatic heterocycles. The van der Waals surface area contributed by atoms with Gasteiger partial charge in [0.25, 0.3) is 0 Å². The summed E-state index contributed by atoms with van der Waals surface area (Å²) in [5, 5.41) is 10.7. The van der Waals surface area contributed by atoms with Crippen LogP contribution in [0.5, 0.6) is 0 Å². The van der Waals surface area contributed by atoms with Crippen LogP contribution in [0.3, 0.4) is 0 Å². The molecule has 1 amide bonds. The number of aliphatic carboxylic acids is 1. The molecular formula is C7H13NO5S. The fourth-order valence-electron chi connectivity index (χ4n) is 0.813. The van der Waals surface area contributed by atoms with Crippen molar-refractivity contribution in [1.29, 1.82) is 0 Å². The van der Waals surface area contributed by atoms with Gasteiger partial charge < -0.3 is 10.4 Å². The van der Waals surface area contributed by atoms with Crippen LogP contribution < -0.4 is 5.32 Å². The molecule has 0 bridgehead atoms. The number of nitrogens with one attached hydrogen (secondary N) is 1. The minimum absolute atomic E-state index is 0.213. The summed E-state index contributed by atoms with van der Waals surface area (Å²) in [6.07, 6.45) is 1.12. The molecule has 0 aliphatic heterocycles. The van der Waals surface area contributed by atoms with E-state index in [0.717, 1.165) is 6.26 Å². The van der Waals surface area contributed by atoms with Crippen molar-refractivity contribution < 1.29 is 23.1 Å². The molecule has 0 saturated carbocycles. The Morgan fingerprint density at radius 3 is 2.21 bits per heavy atom. The molecule has 1 atom stereocenters. The molecule has 0 fully saturated rings. The maximum Gasteiger partial charge on any atom is 0.326 e. The van der Waals surface area contributed by atoms with E-state index in [2.05, 4.69) is 5.32 Å². The number of rotatable bonds is 5. The Morgan fingerprint density at radius 2 is 1.93 bits per heavy atom. The van der Waals surface area contributed by atoms with E-state index < -0.39 is 33.5 Å². The number of hydrogen-bond donors (Lipinski definition) is 2. The highest BCUT2D eigenvalue weighted by Crippen LogP contribution is 1.92. The van der Waals surface area contributed by atoms with Crippen molar-refractivity contribution in [3.05, 3.63) is 0 Å². The fraction of sp³-hybridized carbons (Fsp3) is 0.714. The first-order valence-electron chi connectivity index (χ1n) is 3.96. The van der Waals surface area contributed by atoms with Gasteiger partial charge in [-0.2, -0.15) is 0 Å². The molecule has 0 radical (unpaired) electrons. The number of carbonyl (C=O) groups is 2. The van der Waals surface area contributed by atoms with E-state index in [9.17, 15) is 18.0 Å². The number of amides is 1. The van der Waals surface area contributed by atoms with Crippen LogP contribution in [0.2, 0.25) is 0 Å². The Labute approximate surface area is 82.2 Å². The smallest absolute Gasteiger partial charge is 0.326 e. The zero-order chi connectivity index (χ0) is 11.4. The second-order valence-electron chi connectivity index (χ2n) is 2.94. The van der Waals surface area contributed by atoms with Crippen molar-refractivity contribution in [1.82, 2.24) is 5.32 Å². The molecule has 2 N–H and O–H groups in total. The number of carboxylic acid groups (broad SMARTS) is 1. The monoisotopic (exact) mass is 223 g/mol. The van der Waals surface area contributed by atoms with Gasteiger partial charge in [-0.15, -0.1) is 0 Å². The lowest BCUT2D eigenvalue weighted by Gasteiger charge is -2.11. The van der Waals surface area contributed by atoms with Crippen LogP contribution in [-0.4, -0.2) is 43.5 Å². The summed E-state index contributed by atoms with van der Waals surface area (Å²) in [6, 6.07) is -1.02. The molecule has 0 saturated heterocycles. The van der Waals surface area contributed by atoms with Gasteiger partial charge in [-0.1, -0.05) is 6.92 Å². The Kier molecular flexibility index (Phi) is 4.55. The zero-order valence-corrected chi connectivity index (χ0v) is 8.80. The van der Waals surface area contributed by atoms with Crippen LogP contribution in [-0.2, 0) is 19.4 Å². The predicted molar refractivity (Wildman–Crippen MR) is 49.6 cm³/mol. The first-order valence-corrected chi connectivity index (χ1v) is 6.02. The van der Waals surface area contributed by atoms with Gasteiger partial charge in [0.05, 0.1) is 0 Å². The highest BCUT2D eigenvalue weighted by Gasteiger charge is 2.19. The van der Waals surface area contributed by atoms with E-state index in [0.29, 0.717) is 0 Å². The number of carboxylic acids is 1. The topological polar surface area (TPSA) is 101 Å². The first-order chi connectivity index (χ1) is 6.26. The van der Waals surface area contributed by atoms with Crippen molar-refractivity contribution in [2.45, 2.75) is 19.4 Å². The van der Waals surface area contributed by atoms with Crippen LogP contribution in [0.15, 0.2) is 0 Å². The van der Waals surface area contributed by atoms with Crippen molar-refractivity contribution >= 4 is 21.7 Å². The average Bonchev–Trinajstić information content (AvgIpc) is 1.96. The van der Waals surface area contributed by atoms with Gasteiger partial charge in [-0.25, -0.2) is 13.2 Å². The molecule has 82 valence electrons. The summed E-state index contributed by atoms with van der Waals surface area (Å²) in [7, 11) is -3.41. The maximum atomic E-state index is 11.0. The van der Waals surface area contributed by atoms with Crippen molar-refractivity contribution in [3.8, 4) is 0 Å². The van der Waals surface area contributed by atoms with E-state index >= 15 is 0 Å².